The zero-order chi connectivity index (χ0) is 28.6. The monoisotopic (exact) mass is 656 g/mol. The molecule has 5 heterocycles. The Hall–Kier alpha value is -2.60. The Bertz CT molecular complexity index is 1560. The first kappa shape index (κ1) is 31.3. The van der Waals surface area contributed by atoms with Gasteiger partial charge in [-0.3, -0.25) is 0 Å². The van der Waals surface area contributed by atoms with Crippen molar-refractivity contribution in [2.75, 3.05) is 0 Å². The van der Waals surface area contributed by atoms with Crippen LogP contribution in [0.4, 0.5) is 0 Å². The average Bonchev–Trinajstić information content (AvgIpc) is 3.73. The molecule has 0 fully saturated rings. The Morgan fingerprint density at radius 3 is 1.15 bits per heavy atom. The number of nitrogens with zero attached hydrogens (tertiary/aromatic N) is 2. The van der Waals surface area contributed by atoms with E-state index in [-0.39, 0.29) is 23.9 Å². The van der Waals surface area contributed by atoms with Crippen LogP contribution in [-0.4, -0.2) is 43.8 Å². The first-order chi connectivity index (χ1) is 19.5. The predicted molar refractivity (Wildman–Crippen MR) is 182 cm³/mol. The Morgan fingerprint density at radius 1 is 0.463 bits per heavy atom. The molecule has 0 amide bonds. The van der Waals surface area contributed by atoms with E-state index in [1.807, 2.05) is 0 Å². The summed E-state index contributed by atoms with van der Waals surface area (Å²) in [6.07, 6.45) is 12.1. The maximum absolute atomic E-state index is 5.58. The first-order valence-electron chi connectivity index (χ1n) is 15.7. The fourth-order valence-electron chi connectivity index (χ4n) is 7.12. The van der Waals surface area contributed by atoms with Gasteiger partial charge in [0.05, 0.1) is 22.8 Å². The minimum absolute atomic E-state index is 0. The van der Waals surface area contributed by atoms with Gasteiger partial charge in [-0.15, -0.1) is 0 Å². The van der Waals surface area contributed by atoms with Gasteiger partial charge in [0.15, 0.2) is 0 Å². The molecule has 5 heteroatoms. The zero-order valence-electron chi connectivity index (χ0n) is 26.6. The third-order valence-electron chi connectivity index (χ3n) is 8.93. The summed E-state index contributed by atoms with van der Waals surface area (Å²) < 4.78 is 0. The Kier molecular flexibility index (Phi) is 10.0. The quantitative estimate of drug-likeness (QED) is 0.187. The average molecular weight is 656 g/mol. The van der Waals surface area contributed by atoms with Crippen LogP contribution in [0.3, 0.4) is 0 Å². The van der Waals surface area contributed by atoms with Crippen LogP contribution in [0.5, 0.6) is 0 Å². The van der Waals surface area contributed by atoms with Crippen LogP contribution in [0.2, 0.25) is 0 Å². The molecule has 4 nitrogen and oxygen atoms in total. The number of aryl methyl sites for hydroxylation is 6. The molecule has 0 aliphatic carbocycles. The van der Waals surface area contributed by atoms with Crippen LogP contribution in [0, 0.1) is 0 Å². The van der Waals surface area contributed by atoms with Crippen molar-refractivity contribution in [3.8, 4) is 0 Å². The molecule has 0 spiro atoms. The molecule has 2 aliphatic rings. The van der Waals surface area contributed by atoms with Crippen LogP contribution in [0.25, 0.3) is 45.4 Å². The van der Waals surface area contributed by atoms with Crippen LogP contribution < -0.4 is 0 Å². The summed E-state index contributed by atoms with van der Waals surface area (Å²) in [6, 6.07) is 4.47. The van der Waals surface area contributed by atoms with E-state index in [2.05, 4.69) is 89.6 Å². The van der Waals surface area contributed by atoms with Crippen molar-refractivity contribution in [1.29, 1.82) is 0 Å². The van der Waals surface area contributed by atoms with Crippen LogP contribution in [0.1, 0.15) is 124 Å². The van der Waals surface area contributed by atoms with E-state index in [0.717, 1.165) is 62.8 Å². The van der Waals surface area contributed by atoms with E-state index in [0.29, 0.717) is 0 Å². The van der Waals surface area contributed by atoms with Crippen LogP contribution in [0.15, 0.2) is 12.1 Å². The maximum atomic E-state index is 5.58. The topological polar surface area (TPSA) is 57.4 Å². The summed E-state index contributed by atoms with van der Waals surface area (Å²) >= 11 is 0. The van der Waals surface area contributed by atoms with E-state index in [9.17, 15) is 0 Å². The van der Waals surface area contributed by atoms with E-state index >= 15 is 0 Å². The van der Waals surface area contributed by atoms with Crippen molar-refractivity contribution in [1.82, 2.24) is 19.9 Å². The summed E-state index contributed by atoms with van der Waals surface area (Å²) in [6.45, 7) is 18.3. The van der Waals surface area contributed by atoms with Crippen molar-refractivity contribution in [2.24, 2.45) is 0 Å². The van der Waals surface area contributed by atoms with Crippen molar-refractivity contribution in [3.63, 3.8) is 0 Å². The number of aromatic nitrogens is 4. The number of H-pyrrole nitrogens is 2. The molecule has 0 atom stereocenters. The Labute approximate surface area is 263 Å². The standard InChI is InChI=1S/C36H46N4.Sn.2H/c1-9-23-25(11-3)33-29(15-7)35-27(13-5)28(14-6)36(40-35)30(16-8)34-26(12-4)24(10-2)32(39-34)20-22-18-17-21(37-22)19-31(23)38-33;;;/h17-20,38-39H,9-16H2,1-8H3;;;. The summed E-state index contributed by atoms with van der Waals surface area (Å²) in [5.74, 6) is 0. The minimum atomic E-state index is 0. The molecule has 8 bridgehead atoms. The predicted octanol–water partition coefficient (Wildman–Crippen LogP) is 8.67. The normalized spacial score (nSPS) is 12.8. The number of rotatable bonds is 8. The van der Waals surface area contributed by atoms with Gasteiger partial charge in [-0.2, -0.15) is 0 Å². The van der Waals surface area contributed by atoms with Gasteiger partial charge in [-0.25, -0.2) is 9.97 Å². The summed E-state index contributed by atoms with van der Waals surface area (Å²) in [5, 5.41) is 0. The molecule has 41 heavy (non-hydrogen) atoms. The number of allylic oxidation sites excluding steroid dienone is 2. The molecule has 2 aliphatic heterocycles. The molecule has 0 unspecified atom stereocenters. The van der Waals surface area contributed by atoms with Gasteiger partial charge in [0.2, 0.25) is 0 Å². The van der Waals surface area contributed by atoms with E-state index in [1.165, 1.54) is 78.0 Å². The fraction of sp³-hybridized carbons (Fsp3) is 0.444. The number of aromatic amines is 2. The van der Waals surface area contributed by atoms with Crippen molar-refractivity contribution < 1.29 is 0 Å². The number of hydrogen-bond acceptors (Lipinski definition) is 2. The molecule has 0 saturated heterocycles. The fourth-order valence-corrected chi connectivity index (χ4v) is 7.12. The number of fused-ring (bicyclic) bond motifs is 8. The first-order valence-corrected chi connectivity index (χ1v) is 15.7. The second-order valence-corrected chi connectivity index (χ2v) is 10.9. The Balaban J connectivity index is 0.00000387. The molecule has 0 aromatic carbocycles. The molecule has 5 rings (SSSR count). The molecular formula is C36H48N4Sn. The van der Waals surface area contributed by atoms with Gasteiger partial charge in [-0.1, -0.05) is 55.4 Å². The van der Waals surface area contributed by atoms with Crippen molar-refractivity contribution >= 4 is 69.3 Å². The summed E-state index contributed by atoms with van der Waals surface area (Å²) in [4.78, 5) is 18.4. The number of nitrogens with one attached hydrogen (secondary N) is 2. The van der Waals surface area contributed by atoms with E-state index in [4.69, 9.17) is 9.97 Å². The molecule has 2 N–H and O–H groups in total. The third kappa shape index (κ3) is 5.26. The van der Waals surface area contributed by atoms with Crippen molar-refractivity contribution in [3.05, 3.63) is 68.3 Å². The molecular weight excluding hydrogens is 607 g/mol. The second-order valence-electron chi connectivity index (χ2n) is 10.9. The molecule has 3 aromatic heterocycles. The zero-order valence-corrected chi connectivity index (χ0v) is 30.6. The second kappa shape index (κ2) is 13.1. The van der Waals surface area contributed by atoms with Gasteiger partial charge >= 0.3 is 23.9 Å². The van der Waals surface area contributed by atoms with Gasteiger partial charge in [-0.05, 0) is 109 Å². The number of hydrogen-bond donors (Lipinski definition) is 2. The summed E-state index contributed by atoms with van der Waals surface area (Å²) in [7, 11) is 0. The Morgan fingerprint density at radius 2 is 0.829 bits per heavy atom. The molecule has 0 saturated carbocycles. The van der Waals surface area contributed by atoms with Crippen LogP contribution in [-0.2, 0) is 38.5 Å². The molecule has 2 radical (unpaired) electrons. The molecule has 3 aromatic rings. The third-order valence-corrected chi connectivity index (χ3v) is 8.93. The van der Waals surface area contributed by atoms with E-state index < -0.39 is 0 Å². The summed E-state index contributed by atoms with van der Waals surface area (Å²) in [5.41, 5.74) is 20.4. The van der Waals surface area contributed by atoms with Gasteiger partial charge in [0.1, 0.15) is 0 Å². The van der Waals surface area contributed by atoms with Gasteiger partial charge in [0.25, 0.3) is 0 Å². The molecule has 216 valence electrons. The SMILES string of the molecule is CCC1=C(CC)c2nc1c(CC)c1[nH]c(cc3nc(cc4[nH]c(c2CC)c(CC)c4CC)C=C3)c(CC)c1CC.[SnH2]. The van der Waals surface area contributed by atoms with Crippen LogP contribution >= 0.6 is 0 Å². The van der Waals surface area contributed by atoms with E-state index in [1.54, 1.807) is 0 Å². The van der Waals surface area contributed by atoms with Crippen molar-refractivity contribution in [2.45, 2.75) is 107 Å². The van der Waals surface area contributed by atoms with Gasteiger partial charge in [0, 0.05) is 33.2 Å². The van der Waals surface area contributed by atoms with Gasteiger partial charge < -0.3 is 9.97 Å².